The van der Waals surface area contributed by atoms with Gasteiger partial charge in [-0.1, -0.05) is 22.9 Å². The molecule has 0 spiro atoms. The summed E-state index contributed by atoms with van der Waals surface area (Å²) in [4.78, 5) is 7.32. The van der Waals surface area contributed by atoms with E-state index in [-0.39, 0.29) is 0 Å². The monoisotopic (exact) mass is 307 g/mol. The Morgan fingerprint density at radius 3 is 3.20 bits per heavy atom. The molecule has 3 nitrogen and oxygen atoms in total. The standard InChI is InChI=1S/C15H18ClN3S/c16-10-3-4-13-14(8-10)20-15(18-13)17-11-5-7-19-6-1-2-12(19)9-11/h3-4,8,11-12H,1-2,5-7,9H2,(H,17,18). The van der Waals surface area contributed by atoms with Crippen LogP contribution in [-0.4, -0.2) is 35.1 Å². The summed E-state index contributed by atoms with van der Waals surface area (Å²) in [6.07, 6.45) is 5.23. The van der Waals surface area contributed by atoms with Crippen LogP contribution >= 0.6 is 22.9 Å². The molecule has 2 unspecified atom stereocenters. The molecule has 20 heavy (non-hydrogen) atoms. The van der Waals surface area contributed by atoms with E-state index in [4.69, 9.17) is 11.6 Å². The van der Waals surface area contributed by atoms with Crippen molar-refractivity contribution in [2.24, 2.45) is 0 Å². The van der Waals surface area contributed by atoms with E-state index in [0.29, 0.717) is 6.04 Å². The summed E-state index contributed by atoms with van der Waals surface area (Å²) in [5, 5.41) is 5.46. The average Bonchev–Trinajstić information content (AvgIpc) is 3.03. The summed E-state index contributed by atoms with van der Waals surface area (Å²) in [6.45, 7) is 2.54. The quantitative estimate of drug-likeness (QED) is 0.909. The number of benzene rings is 1. The van der Waals surface area contributed by atoms with E-state index in [1.54, 1.807) is 11.3 Å². The minimum absolute atomic E-state index is 0.574. The first-order valence-corrected chi connectivity index (χ1v) is 8.54. The third kappa shape index (κ3) is 2.41. The van der Waals surface area contributed by atoms with Crippen LogP contribution in [0, 0.1) is 0 Å². The van der Waals surface area contributed by atoms with E-state index in [1.165, 1.54) is 43.5 Å². The Morgan fingerprint density at radius 1 is 1.30 bits per heavy atom. The molecular formula is C15H18ClN3S. The molecule has 4 rings (SSSR count). The Morgan fingerprint density at radius 2 is 2.25 bits per heavy atom. The summed E-state index contributed by atoms with van der Waals surface area (Å²) in [6, 6.07) is 7.28. The highest BCUT2D eigenvalue weighted by Crippen LogP contribution is 2.32. The van der Waals surface area contributed by atoms with Gasteiger partial charge in [0.2, 0.25) is 0 Å². The summed E-state index contributed by atoms with van der Waals surface area (Å²) in [7, 11) is 0. The molecule has 3 heterocycles. The second-order valence-electron chi connectivity index (χ2n) is 5.83. The van der Waals surface area contributed by atoms with Crippen molar-refractivity contribution in [1.82, 2.24) is 9.88 Å². The number of hydrogen-bond acceptors (Lipinski definition) is 4. The van der Waals surface area contributed by atoms with Crippen molar-refractivity contribution in [3.05, 3.63) is 23.2 Å². The predicted octanol–water partition coefficient (Wildman–Crippen LogP) is 3.99. The van der Waals surface area contributed by atoms with Crippen LogP contribution in [0.25, 0.3) is 10.2 Å². The van der Waals surface area contributed by atoms with E-state index in [9.17, 15) is 0 Å². The first-order chi connectivity index (χ1) is 9.78. The van der Waals surface area contributed by atoms with Crippen LogP contribution in [-0.2, 0) is 0 Å². The largest absolute Gasteiger partial charge is 0.359 e. The van der Waals surface area contributed by atoms with Crippen molar-refractivity contribution in [3.8, 4) is 0 Å². The van der Waals surface area contributed by atoms with Crippen molar-refractivity contribution in [2.75, 3.05) is 18.4 Å². The van der Waals surface area contributed by atoms with Gasteiger partial charge in [-0.15, -0.1) is 0 Å². The predicted molar refractivity (Wildman–Crippen MR) is 85.9 cm³/mol. The van der Waals surface area contributed by atoms with Gasteiger partial charge in [-0.3, -0.25) is 0 Å². The van der Waals surface area contributed by atoms with Gasteiger partial charge in [-0.05, 0) is 50.4 Å². The van der Waals surface area contributed by atoms with Crippen LogP contribution < -0.4 is 5.32 Å². The highest BCUT2D eigenvalue weighted by molar-refractivity contribution is 7.22. The lowest BCUT2D eigenvalue weighted by Crippen LogP contribution is -2.42. The highest BCUT2D eigenvalue weighted by Gasteiger charge is 2.31. The zero-order valence-electron chi connectivity index (χ0n) is 11.3. The van der Waals surface area contributed by atoms with Crippen LogP contribution in [0.4, 0.5) is 5.13 Å². The Balaban J connectivity index is 1.49. The van der Waals surface area contributed by atoms with Crippen molar-refractivity contribution >= 4 is 38.3 Å². The smallest absolute Gasteiger partial charge is 0.184 e. The number of thiazole rings is 1. The second-order valence-corrected chi connectivity index (χ2v) is 7.30. The molecule has 2 fully saturated rings. The lowest BCUT2D eigenvalue weighted by atomic mass is 9.98. The van der Waals surface area contributed by atoms with Gasteiger partial charge in [0.05, 0.1) is 10.2 Å². The molecule has 0 saturated carbocycles. The first kappa shape index (κ1) is 12.9. The van der Waals surface area contributed by atoms with Gasteiger partial charge in [-0.25, -0.2) is 4.98 Å². The van der Waals surface area contributed by atoms with Gasteiger partial charge < -0.3 is 10.2 Å². The third-order valence-corrected chi connectivity index (χ3v) is 5.68. The highest BCUT2D eigenvalue weighted by atomic mass is 35.5. The van der Waals surface area contributed by atoms with E-state index < -0.39 is 0 Å². The Labute approximate surface area is 127 Å². The summed E-state index contributed by atoms with van der Waals surface area (Å²) >= 11 is 7.74. The van der Waals surface area contributed by atoms with Crippen molar-refractivity contribution in [2.45, 2.75) is 37.8 Å². The minimum Gasteiger partial charge on any atom is -0.359 e. The molecule has 1 aromatic carbocycles. The molecule has 2 aliphatic heterocycles. The van der Waals surface area contributed by atoms with E-state index in [1.807, 2.05) is 18.2 Å². The van der Waals surface area contributed by atoms with Gasteiger partial charge in [0.15, 0.2) is 5.13 Å². The van der Waals surface area contributed by atoms with Crippen LogP contribution in [0.1, 0.15) is 25.7 Å². The lowest BCUT2D eigenvalue weighted by Gasteiger charge is -2.35. The molecule has 106 valence electrons. The summed E-state index contributed by atoms with van der Waals surface area (Å²) in [5.41, 5.74) is 1.04. The third-order valence-electron chi connectivity index (χ3n) is 4.50. The molecule has 0 aliphatic carbocycles. The minimum atomic E-state index is 0.574. The normalized spacial score (nSPS) is 26.9. The van der Waals surface area contributed by atoms with E-state index >= 15 is 0 Å². The number of nitrogens with zero attached hydrogens (tertiary/aromatic N) is 2. The molecule has 0 amide bonds. The molecule has 5 heteroatoms. The fourth-order valence-corrected chi connectivity index (χ4v) is 4.71. The second kappa shape index (κ2) is 5.17. The molecule has 0 radical (unpaired) electrons. The van der Waals surface area contributed by atoms with Crippen LogP contribution in [0.5, 0.6) is 0 Å². The molecular weight excluding hydrogens is 290 g/mol. The number of hydrogen-bond donors (Lipinski definition) is 1. The number of halogens is 1. The number of anilines is 1. The van der Waals surface area contributed by atoms with E-state index in [2.05, 4.69) is 15.2 Å². The topological polar surface area (TPSA) is 28.2 Å². The van der Waals surface area contributed by atoms with Crippen molar-refractivity contribution in [3.63, 3.8) is 0 Å². The molecule has 1 N–H and O–H groups in total. The van der Waals surface area contributed by atoms with E-state index in [0.717, 1.165) is 21.7 Å². The number of aromatic nitrogens is 1. The van der Waals surface area contributed by atoms with Gasteiger partial charge >= 0.3 is 0 Å². The van der Waals surface area contributed by atoms with Gasteiger partial charge in [0.25, 0.3) is 0 Å². The average molecular weight is 308 g/mol. The number of fused-ring (bicyclic) bond motifs is 2. The Hall–Kier alpha value is -0.840. The summed E-state index contributed by atoms with van der Waals surface area (Å²) in [5.74, 6) is 0. The lowest BCUT2D eigenvalue weighted by molar-refractivity contribution is 0.188. The van der Waals surface area contributed by atoms with Crippen LogP contribution in [0.3, 0.4) is 0 Å². The Kier molecular flexibility index (Phi) is 3.33. The van der Waals surface area contributed by atoms with Crippen LogP contribution in [0.2, 0.25) is 5.02 Å². The molecule has 2 aliphatic rings. The molecule has 2 aromatic rings. The number of piperidine rings is 1. The van der Waals surface area contributed by atoms with Gasteiger partial charge in [-0.2, -0.15) is 0 Å². The Bertz CT molecular complexity index is 627. The van der Waals surface area contributed by atoms with Crippen molar-refractivity contribution < 1.29 is 0 Å². The maximum absolute atomic E-state index is 6.03. The molecule has 1 aromatic heterocycles. The SMILES string of the molecule is Clc1ccc2nc(NC3CCN4CCCC4C3)sc2c1. The number of nitrogens with one attached hydrogen (secondary N) is 1. The van der Waals surface area contributed by atoms with Crippen LogP contribution in [0.15, 0.2) is 18.2 Å². The zero-order valence-corrected chi connectivity index (χ0v) is 12.9. The zero-order chi connectivity index (χ0) is 13.5. The molecule has 2 saturated heterocycles. The first-order valence-electron chi connectivity index (χ1n) is 7.34. The van der Waals surface area contributed by atoms with Gasteiger partial charge in [0.1, 0.15) is 0 Å². The fraction of sp³-hybridized carbons (Fsp3) is 0.533. The van der Waals surface area contributed by atoms with Crippen molar-refractivity contribution in [1.29, 1.82) is 0 Å². The maximum atomic E-state index is 6.03. The fourth-order valence-electron chi connectivity index (χ4n) is 3.49. The molecule has 2 atom stereocenters. The molecule has 0 bridgehead atoms. The summed E-state index contributed by atoms with van der Waals surface area (Å²) < 4.78 is 1.17. The number of rotatable bonds is 2. The van der Waals surface area contributed by atoms with Gasteiger partial charge in [0, 0.05) is 23.7 Å². The maximum Gasteiger partial charge on any atom is 0.184 e.